The van der Waals surface area contributed by atoms with Crippen molar-refractivity contribution in [3.63, 3.8) is 0 Å². The van der Waals surface area contributed by atoms with E-state index in [9.17, 15) is 4.79 Å². The molecule has 0 aliphatic heterocycles. The second-order valence-electron chi connectivity index (χ2n) is 2.38. The van der Waals surface area contributed by atoms with Gasteiger partial charge in [0.25, 0.3) is 0 Å². The predicted molar refractivity (Wildman–Crippen MR) is 40.5 cm³/mol. The molecule has 0 bridgehead atoms. The van der Waals surface area contributed by atoms with Crippen LogP contribution in [0.1, 0.15) is 6.42 Å². The molecule has 1 nitrogen and oxygen atoms in total. The molecule has 0 radical (unpaired) electrons. The van der Waals surface area contributed by atoms with Crippen molar-refractivity contribution in [2.45, 2.75) is 6.42 Å². The van der Waals surface area contributed by atoms with Crippen molar-refractivity contribution in [3.8, 4) is 0 Å². The van der Waals surface area contributed by atoms with Crippen LogP contribution in [0, 0.1) is 11.3 Å². The number of thiocarbonyl (C=S) groups is 1. The van der Waals surface area contributed by atoms with E-state index in [0.717, 1.165) is 12.7 Å². The molecule has 48 valence electrons. The van der Waals surface area contributed by atoms with E-state index >= 15 is 0 Å². The Labute approximate surface area is 59.8 Å². The molecule has 9 heavy (non-hydrogen) atoms. The highest BCUT2D eigenvalue weighted by Crippen LogP contribution is 2.50. The summed E-state index contributed by atoms with van der Waals surface area (Å²) in [4.78, 5) is 10.4. The van der Waals surface area contributed by atoms with E-state index in [1.807, 2.05) is 0 Å². The molecule has 0 aromatic rings. The van der Waals surface area contributed by atoms with Crippen molar-refractivity contribution in [3.05, 3.63) is 12.7 Å². The highest BCUT2D eigenvalue weighted by molar-refractivity contribution is 7.79. The fourth-order valence-corrected chi connectivity index (χ4v) is 1.26. The van der Waals surface area contributed by atoms with Crippen molar-refractivity contribution < 1.29 is 4.79 Å². The molecular weight excluding hydrogens is 132 g/mol. The Morgan fingerprint density at radius 1 is 1.78 bits per heavy atom. The summed E-state index contributed by atoms with van der Waals surface area (Å²) in [5.41, 5.74) is -0.276. The molecular formula is C7H8OS. The Kier molecular flexibility index (Phi) is 1.49. The molecule has 1 rings (SSSR count). The van der Waals surface area contributed by atoms with Gasteiger partial charge in [0.1, 0.15) is 6.29 Å². The SMILES string of the molecule is C=C[C@]1(C=O)C[C@@H]1C=S. The first-order valence-corrected chi connectivity index (χ1v) is 3.31. The van der Waals surface area contributed by atoms with Gasteiger partial charge in [-0.25, -0.2) is 0 Å². The number of carbonyl (C=O) groups excluding carboxylic acids is 1. The lowest BCUT2D eigenvalue weighted by Gasteiger charge is -1.94. The highest BCUT2D eigenvalue weighted by Gasteiger charge is 2.50. The molecule has 0 saturated heterocycles. The molecule has 1 aliphatic carbocycles. The Bertz CT molecular complexity index is 154. The van der Waals surface area contributed by atoms with Crippen LogP contribution in [0.4, 0.5) is 0 Å². The summed E-state index contributed by atoms with van der Waals surface area (Å²) in [6, 6.07) is 0. The summed E-state index contributed by atoms with van der Waals surface area (Å²) in [5.74, 6) is 0.280. The van der Waals surface area contributed by atoms with Gasteiger partial charge in [-0.1, -0.05) is 18.3 Å². The van der Waals surface area contributed by atoms with E-state index in [-0.39, 0.29) is 11.3 Å². The topological polar surface area (TPSA) is 17.1 Å². The van der Waals surface area contributed by atoms with Gasteiger partial charge in [-0.2, -0.15) is 0 Å². The second kappa shape index (κ2) is 2.03. The van der Waals surface area contributed by atoms with Crippen LogP contribution in [0.3, 0.4) is 0 Å². The van der Waals surface area contributed by atoms with Crippen LogP contribution < -0.4 is 0 Å². The highest BCUT2D eigenvalue weighted by atomic mass is 32.1. The summed E-state index contributed by atoms with van der Waals surface area (Å²) in [6.45, 7) is 3.57. The van der Waals surface area contributed by atoms with E-state index in [2.05, 4.69) is 18.8 Å². The summed E-state index contributed by atoms with van der Waals surface area (Å²) in [5, 5.41) is 1.65. The number of aldehydes is 1. The summed E-state index contributed by atoms with van der Waals surface area (Å²) < 4.78 is 0. The fourth-order valence-electron chi connectivity index (χ4n) is 0.915. The first kappa shape index (κ1) is 6.62. The maximum absolute atomic E-state index is 10.4. The summed E-state index contributed by atoms with van der Waals surface area (Å²) in [7, 11) is 0. The largest absolute Gasteiger partial charge is 0.302 e. The van der Waals surface area contributed by atoms with E-state index < -0.39 is 0 Å². The fraction of sp³-hybridized carbons (Fsp3) is 0.429. The van der Waals surface area contributed by atoms with Crippen molar-refractivity contribution in [1.82, 2.24) is 0 Å². The molecule has 1 aliphatic rings. The van der Waals surface area contributed by atoms with Crippen molar-refractivity contribution in [2.75, 3.05) is 0 Å². The minimum atomic E-state index is -0.276. The van der Waals surface area contributed by atoms with Gasteiger partial charge in [-0.15, -0.1) is 6.58 Å². The first-order valence-electron chi connectivity index (χ1n) is 2.84. The Balaban J connectivity index is 2.67. The molecule has 0 unspecified atom stereocenters. The molecule has 0 amide bonds. The maximum atomic E-state index is 10.4. The van der Waals surface area contributed by atoms with Gasteiger partial charge in [-0.3, -0.25) is 0 Å². The molecule has 1 fully saturated rings. The molecule has 0 N–H and O–H groups in total. The molecule has 2 atom stereocenters. The van der Waals surface area contributed by atoms with Crippen LogP contribution in [0.2, 0.25) is 0 Å². The average molecular weight is 140 g/mol. The zero-order valence-corrected chi connectivity index (χ0v) is 5.86. The van der Waals surface area contributed by atoms with Crippen molar-refractivity contribution >= 4 is 23.9 Å². The number of hydrogen-bond donors (Lipinski definition) is 0. The average Bonchev–Trinajstić information content (AvgIpc) is 2.63. The standard InChI is InChI=1S/C7H8OS/c1-2-7(5-8)3-6(7)4-9/h2,4-6H,1,3H2/t6-,7-/m1/s1. The maximum Gasteiger partial charge on any atom is 0.130 e. The van der Waals surface area contributed by atoms with Crippen molar-refractivity contribution in [1.29, 1.82) is 0 Å². The minimum absolute atomic E-state index is 0.276. The number of carbonyl (C=O) groups is 1. The quantitative estimate of drug-likeness (QED) is 0.334. The lowest BCUT2D eigenvalue weighted by atomic mass is 10.1. The number of hydrogen-bond acceptors (Lipinski definition) is 2. The number of allylic oxidation sites excluding steroid dienone is 1. The number of rotatable bonds is 3. The summed E-state index contributed by atoms with van der Waals surface area (Å²) >= 11 is 4.69. The van der Waals surface area contributed by atoms with Gasteiger partial charge < -0.3 is 4.79 Å². The molecule has 1 saturated carbocycles. The Hall–Kier alpha value is -0.500. The van der Waals surface area contributed by atoms with Gasteiger partial charge in [0.2, 0.25) is 0 Å². The van der Waals surface area contributed by atoms with Crippen LogP contribution in [0.5, 0.6) is 0 Å². The van der Waals surface area contributed by atoms with Gasteiger partial charge in [0.15, 0.2) is 0 Å². The predicted octanol–water partition coefficient (Wildman–Crippen LogP) is 1.38. The van der Waals surface area contributed by atoms with Crippen LogP contribution in [-0.2, 0) is 4.79 Å². The van der Waals surface area contributed by atoms with Gasteiger partial charge >= 0.3 is 0 Å². The van der Waals surface area contributed by atoms with E-state index in [0.29, 0.717) is 0 Å². The minimum Gasteiger partial charge on any atom is -0.302 e. The molecule has 0 aromatic carbocycles. The molecule has 2 heteroatoms. The van der Waals surface area contributed by atoms with Crippen LogP contribution in [0.25, 0.3) is 0 Å². The lowest BCUT2D eigenvalue weighted by molar-refractivity contribution is -0.110. The van der Waals surface area contributed by atoms with E-state index in [1.165, 1.54) is 0 Å². The smallest absolute Gasteiger partial charge is 0.130 e. The van der Waals surface area contributed by atoms with Gasteiger partial charge in [0.05, 0.1) is 5.41 Å². The van der Waals surface area contributed by atoms with Crippen LogP contribution in [0.15, 0.2) is 12.7 Å². The Morgan fingerprint density at radius 3 is 2.56 bits per heavy atom. The van der Waals surface area contributed by atoms with Gasteiger partial charge in [-0.05, 0) is 11.8 Å². The zero-order valence-electron chi connectivity index (χ0n) is 5.04. The van der Waals surface area contributed by atoms with Crippen LogP contribution in [-0.4, -0.2) is 11.7 Å². The van der Waals surface area contributed by atoms with Crippen molar-refractivity contribution in [2.24, 2.45) is 11.3 Å². The second-order valence-corrected chi connectivity index (χ2v) is 2.65. The molecule has 0 heterocycles. The molecule has 0 aromatic heterocycles. The Morgan fingerprint density at radius 2 is 2.44 bits per heavy atom. The van der Waals surface area contributed by atoms with Crippen LogP contribution >= 0.6 is 12.2 Å². The molecule has 0 spiro atoms. The first-order chi connectivity index (χ1) is 4.29. The van der Waals surface area contributed by atoms with E-state index in [1.54, 1.807) is 11.4 Å². The van der Waals surface area contributed by atoms with Gasteiger partial charge in [0, 0.05) is 5.92 Å². The third-order valence-electron chi connectivity index (χ3n) is 1.87. The third-order valence-corrected chi connectivity index (χ3v) is 2.20. The third kappa shape index (κ3) is 0.833. The monoisotopic (exact) mass is 140 g/mol. The zero-order chi connectivity index (χ0) is 6.91. The lowest BCUT2D eigenvalue weighted by Crippen LogP contribution is -2.00. The summed E-state index contributed by atoms with van der Waals surface area (Å²) in [6.07, 6.45) is 3.49. The normalized spacial score (nSPS) is 39.3. The van der Waals surface area contributed by atoms with E-state index in [4.69, 9.17) is 0 Å².